The number of fused-ring (bicyclic) bond motifs is 3. The molecule has 0 saturated carbocycles. The number of nitrogens with zero attached hydrogens (tertiary/aromatic N) is 7. The molecule has 0 atom stereocenters. The number of carbonyl (C=O) groups is 1. The Labute approximate surface area is 232 Å². The van der Waals surface area contributed by atoms with Crippen LogP contribution in [0.4, 0.5) is 17.2 Å². The first-order valence-electron chi connectivity index (χ1n) is 13.2. The predicted octanol–water partition coefficient (Wildman–Crippen LogP) is 4.69. The Bertz CT molecular complexity index is 1790. The van der Waals surface area contributed by atoms with Gasteiger partial charge in [0.2, 0.25) is 0 Å². The van der Waals surface area contributed by atoms with Gasteiger partial charge in [0.1, 0.15) is 23.0 Å². The second-order valence-electron chi connectivity index (χ2n) is 11.1. The minimum atomic E-state index is -0.240. The summed E-state index contributed by atoms with van der Waals surface area (Å²) in [7, 11) is 1.85. The first-order valence-corrected chi connectivity index (χ1v) is 13.2. The molecule has 2 N–H and O–H groups in total. The lowest BCUT2D eigenvalue weighted by molar-refractivity contribution is 0.102. The Hall–Kier alpha value is -4.86. The molecule has 3 aliphatic heterocycles. The maximum atomic E-state index is 13.1. The molecule has 10 heteroatoms. The lowest BCUT2D eigenvalue weighted by Crippen LogP contribution is -2.18. The average molecular weight is 534 g/mol. The smallest absolute Gasteiger partial charge is 0.274 e. The topological polar surface area (TPSA) is 115 Å². The molecule has 0 radical (unpaired) electrons. The van der Waals surface area contributed by atoms with Gasteiger partial charge in [0.25, 0.3) is 11.5 Å². The third-order valence-corrected chi connectivity index (χ3v) is 7.06. The molecule has 0 aliphatic carbocycles. The summed E-state index contributed by atoms with van der Waals surface area (Å²) >= 11 is 0. The Kier molecular flexibility index (Phi) is 6.17. The van der Waals surface area contributed by atoms with Crippen LogP contribution in [-0.4, -0.2) is 41.8 Å². The monoisotopic (exact) mass is 533 g/mol. The van der Waals surface area contributed by atoms with E-state index in [-0.39, 0.29) is 11.3 Å². The fraction of sp³-hybridized carbons (Fsp3) is 0.267. The van der Waals surface area contributed by atoms with Crippen LogP contribution in [-0.2, 0) is 19.0 Å². The van der Waals surface area contributed by atoms with Crippen molar-refractivity contribution >= 4 is 23.1 Å². The number of amides is 1. The molecule has 1 amide bonds. The SMILES string of the molecule is Cc1ccc(NC(=O)c2cc(C(C)(C)C)ccn2)cc1-c1cc2cnc(=Nc3cnn(C)c3)nc-2n2c1NCC2. The van der Waals surface area contributed by atoms with Gasteiger partial charge in [0.15, 0.2) is 0 Å². The Morgan fingerprint density at radius 2 is 1.93 bits per heavy atom. The van der Waals surface area contributed by atoms with E-state index in [1.54, 1.807) is 17.1 Å². The second kappa shape index (κ2) is 9.71. The van der Waals surface area contributed by atoms with Gasteiger partial charge in [-0.05, 0) is 59.4 Å². The quantitative estimate of drug-likeness (QED) is 0.346. The number of aromatic nitrogens is 6. The number of carbonyl (C=O) groups excluding carboxylic acids is 1. The highest BCUT2D eigenvalue weighted by molar-refractivity contribution is 6.03. The van der Waals surface area contributed by atoms with Gasteiger partial charge >= 0.3 is 0 Å². The van der Waals surface area contributed by atoms with Crippen LogP contribution in [0.2, 0.25) is 0 Å². The van der Waals surface area contributed by atoms with Crippen molar-refractivity contribution in [3.05, 3.63) is 83.6 Å². The third-order valence-electron chi connectivity index (χ3n) is 7.06. The number of rotatable bonds is 4. The van der Waals surface area contributed by atoms with Gasteiger partial charge in [-0.2, -0.15) is 10.1 Å². The molecule has 0 spiro atoms. The van der Waals surface area contributed by atoms with Crippen LogP contribution in [0.1, 0.15) is 42.4 Å². The van der Waals surface area contributed by atoms with Crippen molar-refractivity contribution in [3.8, 4) is 22.5 Å². The summed E-state index contributed by atoms with van der Waals surface area (Å²) in [5.74, 6) is 1.55. The van der Waals surface area contributed by atoms with Crippen molar-refractivity contribution in [1.29, 1.82) is 0 Å². The van der Waals surface area contributed by atoms with E-state index in [0.717, 1.165) is 52.5 Å². The maximum Gasteiger partial charge on any atom is 0.274 e. The highest BCUT2D eigenvalue weighted by Crippen LogP contribution is 2.39. The average Bonchev–Trinajstić information content (AvgIpc) is 3.58. The van der Waals surface area contributed by atoms with Crippen molar-refractivity contribution in [2.24, 2.45) is 12.0 Å². The van der Waals surface area contributed by atoms with E-state index in [4.69, 9.17) is 4.98 Å². The van der Waals surface area contributed by atoms with Crippen molar-refractivity contribution < 1.29 is 4.79 Å². The van der Waals surface area contributed by atoms with Crippen LogP contribution < -0.4 is 16.3 Å². The molecular formula is C30H31N9O. The molecule has 6 rings (SSSR count). The fourth-order valence-corrected chi connectivity index (χ4v) is 4.91. The Morgan fingerprint density at radius 1 is 1.07 bits per heavy atom. The molecule has 202 valence electrons. The summed E-state index contributed by atoms with van der Waals surface area (Å²) in [5.41, 5.74) is 7.20. The van der Waals surface area contributed by atoms with E-state index in [0.29, 0.717) is 22.7 Å². The van der Waals surface area contributed by atoms with Gasteiger partial charge in [0.05, 0.1) is 12.4 Å². The number of anilines is 2. The summed E-state index contributed by atoms with van der Waals surface area (Å²) in [6, 6.07) is 11.8. The number of hydrogen-bond donors (Lipinski definition) is 2. The molecule has 0 bridgehead atoms. The van der Waals surface area contributed by atoms with Gasteiger partial charge in [0, 0.05) is 49.3 Å². The highest BCUT2D eigenvalue weighted by Gasteiger charge is 2.23. The van der Waals surface area contributed by atoms with Gasteiger partial charge in [-0.15, -0.1) is 0 Å². The lowest BCUT2D eigenvalue weighted by Gasteiger charge is -2.19. The molecule has 1 aromatic carbocycles. The summed E-state index contributed by atoms with van der Waals surface area (Å²) < 4.78 is 3.86. The van der Waals surface area contributed by atoms with E-state index >= 15 is 0 Å². The van der Waals surface area contributed by atoms with E-state index in [1.165, 1.54) is 0 Å². The molecular weight excluding hydrogens is 502 g/mol. The third kappa shape index (κ3) is 4.84. The van der Waals surface area contributed by atoms with Crippen LogP contribution in [0.3, 0.4) is 0 Å². The number of nitrogens with one attached hydrogen (secondary N) is 2. The molecule has 2 aromatic heterocycles. The molecule has 40 heavy (non-hydrogen) atoms. The van der Waals surface area contributed by atoms with Crippen molar-refractivity contribution in [2.45, 2.75) is 39.7 Å². The second-order valence-corrected chi connectivity index (χ2v) is 11.1. The summed E-state index contributed by atoms with van der Waals surface area (Å²) in [6.07, 6.45) is 7.00. The molecule has 10 nitrogen and oxygen atoms in total. The molecule has 0 fully saturated rings. The number of pyridine rings is 2. The summed E-state index contributed by atoms with van der Waals surface area (Å²) in [5, 5.41) is 10.7. The first kappa shape index (κ1) is 25.4. The first-order chi connectivity index (χ1) is 19.2. The zero-order valence-electron chi connectivity index (χ0n) is 23.2. The normalized spacial score (nSPS) is 13.4. The Morgan fingerprint density at radius 3 is 2.70 bits per heavy atom. The van der Waals surface area contributed by atoms with E-state index in [2.05, 4.69) is 69.0 Å². The van der Waals surface area contributed by atoms with Crippen molar-refractivity contribution in [3.63, 3.8) is 0 Å². The molecule has 3 aliphatic rings. The van der Waals surface area contributed by atoms with E-state index < -0.39 is 0 Å². The largest absolute Gasteiger partial charge is 0.369 e. The van der Waals surface area contributed by atoms with Crippen molar-refractivity contribution in [2.75, 3.05) is 17.2 Å². The highest BCUT2D eigenvalue weighted by atomic mass is 16.1. The van der Waals surface area contributed by atoms with Crippen LogP contribution in [0, 0.1) is 6.92 Å². The van der Waals surface area contributed by atoms with Crippen LogP contribution in [0.5, 0.6) is 0 Å². The van der Waals surface area contributed by atoms with E-state index in [9.17, 15) is 4.79 Å². The van der Waals surface area contributed by atoms with Gasteiger partial charge < -0.3 is 15.2 Å². The lowest BCUT2D eigenvalue weighted by atomic mass is 9.87. The number of aryl methyl sites for hydroxylation is 2. The maximum absolute atomic E-state index is 13.1. The van der Waals surface area contributed by atoms with Crippen molar-refractivity contribution in [1.82, 2.24) is 29.3 Å². The van der Waals surface area contributed by atoms with Crippen LogP contribution >= 0.6 is 0 Å². The molecule has 0 saturated heterocycles. The predicted molar refractivity (Wildman–Crippen MR) is 155 cm³/mol. The Balaban J connectivity index is 1.37. The van der Waals surface area contributed by atoms with Crippen LogP contribution in [0.25, 0.3) is 22.5 Å². The minimum Gasteiger partial charge on any atom is -0.369 e. The molecule has 5 heterocycles. The fourth-order valence-electron chi connectivity index (χ4n) is 4.91. The standard InChI is InChI=1S/C30H31N9O/c1-18-6-7-21(35-28(40)25-13-20(8-9-31-25)30(2,3)4)14-23(18)24-12-19-15-33-29(36-22-16-34-38(5)17-22)37-26(19)39-11-10-32-27(24)39/h6-9,12-17,32H,10-11H2,1-5H3,(H,35,40). The van der Waals surface area contributed by atoms with Gasteiger partial charge in [-0.25, -0.2) is 9.98 Å². The van der Waals surface area contributed by atoms with Gasteiger partial charge in [-0.1, -0.05) is 26.8 Å². The molecule has 3 aromatic rings. The molecule has 0 unspecified atom stereocenters. The number of hydrogen-bond acceptors (Lipinski definition) is 7. The number of benzene rings is 1. The van der Waals surface area contributed by atoms with E-state index in [1.807, 2.05) is 49.8 Å². The van der Waals surface area contributed by atoms with Crippen LogP contribution in [0.15, 0.2) is 66.2 Å². The van der Waals surface area contributed by atoms with Gasteiger partial charge in [-0.3, -0.25) is 14.5 Å². The summed E-state index contributed by atoms with van der Waals surface area (Å²) in [4.78, 5) is 31.2. The minimum absolute atomic E-state index is 0.0759. The zero-order valence-corrected chi connectivity index (χ0v) is 23.2. The zero-order chi connectivity index (χ0) is 28.0. The summed E-state index contributed by atoms with van der Waals surface area (Å²) in [6.45, 7) is 9.98.